The summed E-state index contributed by atoms with van der Waals surface area (Å²) in [6.45, 7) is 4.58. The average molecular weight is 296 g/mol. The van der Waals surface area contributed by atoms with Gasteiger partial charge >= 0.3 is 0 Å². The third-order valence-electron chi connectivity index (χ3n) is 3.71. The van der Waals surface area contributed by atoms with Crippen LogP contribution in [0.15, 0.2) is 22.8 Å². The number of hydrogen-bond donors (Lipinski definition) is 2. The molecule has 1 fully saturated rings. The van der Waals surface area contributed by atoms with Gasteiger partial charge in [0.1, 0.15) is 5.76 Å². The summed E-state index contributed by atoms with van der Waals surface area (Å²) < 4.78 is 5.21. The molecule has 0 bridgehead atoms. The van der Waals surface area contributed by atoms with Crippen LogP contribution in [0.25, 0.3) is 0 Å². The summed E-state index contributed by atoms with van der Waals surface area (Å²) in [6, 6.07) is 4.00. The average Bonchev–Trinajstić information content (AvgIpc) is 3.09. The number of rotatable bonds is 7. The minimum absolute atomic E-state index is 0.0357. The van der Waals surface area contributed by atoms with Crippen molar-refractivity contribution in [3.63, 3.8) is 0 Å². The van der Waals surface area contributed by atoms with E-state index in [4.69, 9.17) is 4.42 Å². The van der Waals surface area contributed by atoms with Crippen LogP contribution in [-0.2, 0) is 11.3 Å². The van der Waals surface area contributed by atoms with E-state index >= 15 is 0 Å². The Kier molecular flexibility index (Phi) is 5.98. The molecule has 5 heteroatoms. The maximum Gasteiger partial charge on any atom is 0.237 e. The van der Waals surface area contributed by atoms with Crippen molar-refractivity contribution in [2.45, 2.75) is 57.0 Å². The number of hydrogen-bond acceptors (Lipinski definition) is 4. The number of carbonyl (C=O) groups is 1. The monoisotopic (exact) mass is 296 g/mol. The van der Waals surface area contributed by atoms with Crippen molar-refractivity contribution in [3.05, 3.63) is 24.2 Å². The van der Waals surface area contributed by atoms with Crippen molar-refractivity contribution >= 4 is 17.7 Å². The summed E-state index contributed by atoms with van der Waals surface area (Å²) in [4.78, 5) is 12.1. The first kappa shape index (κ1) is 15.4. The summed E-state index contributed by atoms with van der Waals surface area (Å²) in [5.41, 5.74) is 0. The first-order valence-electron chi connectivity index (χ1n) is 7.38. The predicted molar refractivity (Wildman–Crippen MR) is 82.7 cm³/mol. The normalized spacial score (nSPS) is 23.7. The largest absolute Gasteiger partial charge is 0.467 e. The van der Waals surface area contributed by atoms with Crippen molar-refractivity contribution in [1.29, 1.82) is 0 Å². The van der Waals surface area contributed by atoms with Crippen molar-refractivity contribution in [1.82, 2.24) is 10.6 Å². The second-order valence-corrected chi connectivity index (χ2v) is 6.73. The Morgan fingerprint density at radius 1 is 1.55 bits per heavy atom. The summed E-state index contributed by atoms with van der Waals surface area (Å²) in [7, 11) is 0. The van der Waals surface area contributed by atoms with Gasteiger partial charge in [0.2, 0.25) is 5.91 Å². The second kappa shape index (κ2) is 7.74. The van der Waals surface area contributed by atoms with Crippen LogP contribution in [0.2, 0.25) is 0 Å². The lowest BCUT2D eigenvalue weighted by atomic mass is 10.2. The van der Waals surface area contributed by atoms with E-state index < -0.39 is 0 Å². The molecule has 3 unspecified atom stereocenters. The molecule has 2 N–H and O–H groups in total. The lowest BCUT2D eigenvalue weighted by molar-refractivity contribution is -0.123. The molecule has 1 aliphatic rings. The molecular weight excluding hydrogens is 272 g/mol. The molecule has 1 amide bonds. The fourth-order valence-electron chi connectivity index (χ4n) is 2.67. The van der Waals surface area contributed by atoms with E-state index in [0.29, 0.717) is 17.8 Å². The molecule has 3 atom stereocenters. The Balaban J connectivity index is 1.75. The van der Waals surface area contributed by atoms with Crippen LogP contribution < -0.4 is 10.6 Å². The molecule has 1 aliphatic carbocycles. The molecule has 0 aromatic carbocycles. The highest BCUT2D eigenvalue weighted by molar-refractivity contribution is 7.99. The smallest absolute Gasteiger partial charge is 0.237 e. The van der Waals surface area contributed by atoms with Crippen LogP contribution in [0.4, 0.5) is 0 Å². The molecule has 1 saturated carbocycles. The van der Waals surface area contributed by atoms with E-state index in [0.717, 1.165) is 11.5 Å². The van der Waals surface area contributed by atoms with Gasteiger partial charge in [-0.2, -0.15) is 11.8 Å². The van der Waals surface area contributed by atoms with Crippen LogP contribution in [0.5, 0.6) is 0 Å². The first-order valence-corrected chi connectivity index (χ1v) is 8.43. The summed E-state index contributed by atoms with van der Waals surface area (Å²) in [6.07, 6.45) is 5.31. The molecule has 2 rings (SSSR count). The number of nitrogens with one attached hydrogen (secondary N) is 2. The Hall–Kier alpha value is -0.940. The van der Waals surface area contributed by atoms with Crippen molar-refractivity contribution < 1.29 is 9.21 Å². The second-order valence-electron chi connectivity index (χ2n) is 5.22. The van der Waals surface area contributed by atoms with Gasteiger partial charge in [0, 0.05) is 11.3 Å². The highest BCUT2D eigenvalue weighted by Crippen LogP contribution is 2.30. The fourth-order valence-corrected chi connectivity index (χ4v) is 3.88. The Morgan fingerprint density at radius 3 is 3.10 bits per heavy atom. The minimum atomic E-state index is -0.159. The zero-order chi connectivity index (χ0) is 14.4. The zero-order valence-electron chi connectivity index (χ0n) is 12.2. The summed E-state index contributed by atoms with van der Waals surface area (Å²) >= 11 is 2.00. The van der Waals surface area contributed by atoms with Crippen LogP contribution >= 0.6 is 11.8 Å². The topological polar surface area (TPSA) is 54.3 Å². The highest BCUT2D eigenvalue weighted by Gasteiger charge is 2.29. The first-order chi connectivity index (χ1) is 9.70. The van der Waals surface area contributed by atoms with E-state index in [1.807, 2.05) is 30.8 Å². The number of thioether (sulfide) groups is 1. The van der Waals surface area contributed by atoms with E-state index in [1.165, 1.54) is 19.3 Å². The van der Waals surface area contributed by atoms with Gasteiger partial charge in [-0.1, -0.05) is 13.3 Å². The van der Waals surface area contributed by atoms with Crippen molar-refractivity contribution in [2.24, 2.45) is 0 Å². The molecule has 1 aromatic rings. The Morgan fingerprint density at radius 2 is 2.40 bits per heavy atom. The number of amides is 1. The van der Waals surface area contributed by atoms with Crippen molar-refractivity contribution in [2.75, 3.05) is 5.75 Å². The van der Waals surface area contributed by atoms with Crippen LogP contribution in [-0.4, -0.2) is 29.0 Å². The molecule has 0 spiro atoms. The molecule has 4 nitrogen and oxygen atoms in total. The fraction of sp³-hybridized carbons (Fsp3) is 0.667. The number of carbonyl (C=O) groups excluding carboxylic acids is 1. The van der Waals surface area contributed by atoms with Gasteiger partial charge in [0.05, 0.1) is 18.8 Å². The predicted octanol–water partition coefficient (Wildman–Crippen LogP) is 2.55. The van der Waals surface area contributed by atoms with Crippen molar-refractivity contribution in [3.8, 4) is 0 Å². The van der Waals surface area contributed by atoms with Crippen LogP contribution in [0.3, 0.4) is 0 Å². The molecule has 1 heterocycles. The summed E-state index contributed by atoms with van der Waals surface area (Å²) in [5.74, 6) is 1.96. The lowest BCUT2D eigenvalue weighted by Gasteiger charge is -2.24. The van der Waals surface area contributed by atoms with Gasteiger partial charge < -0.3 is 15.1 Å². The van der Waals surface area contributed by atoms with Gasteiger partial charge in [-0.15, -0.1) is 0 Å². The minimum Gasteiger partial charge on any atom is -0.467 e. The SMILES string of the molecule is CCSC1CCCC1NC(C)C(=O)NCc1ccco1. The third-order valence-corrected chi connectivity index (χ3v) is 5.03. The third kappa shape index (κ3) is 4.28. The maximum absolute atomic E-state index is 12.1. The molecule has 20 heavy (non-hydrogen) atoms. The van der Waals surface area contributed by atoms with E-state index in [9.17, 15) is 4.79 Å². The van der Waals surface area contributed by atoms with Gasteiger partial charge in [0.25, 0.3) is 0 Å². The molecule has 112 valence electrons. The van der Waals surface area contributed by atoms with Crippen LogP contribution in [0.1, 0.15) is 38.9 Å². The molecule has 0 saturated heterocycles. The molecular formula is C15H24N2O2S. The lowest BCUT2D eigenvalue weighted by Crippen LogP contribution is -2.48. The highest BCUT2D eigenvalue weighted by atomic mass is 32.2. The Bertz CT molecular complexity index is 408. The maximum atomic E-state index is 12.1. The standard InChI is InChI=1S/C15H24N2O2S/c1-3-20-14-8-4-7-13(14)17-11(2)15(18)16-10-12-6-5-9-19-12/h5-6,9,11,13-14,17H,3-4,7-8,10H2,1-2H3,(H,16,18). The van der Waals surface area contributed by atoms with Crippen LogP contribution in [0, 0.1) is 0 Å². The zero-order valence-corrected chi connectivity index (χ0v) is 13.0. The van der Waals surface area contributed by atoms with Gasteiger partial charge in [0.15, 0.2) is 0 Å². The quantitative estimate of drug-likeness (QED) is 0.812. The van der Waals surface area contributed by atoms with E-state index in [2.05, 4.69) is 17.6 Å². The van der Waals surface area contributed by atoms with E-state index in [1.54, 1.807) is 6.26 Å². The van der Waals surface area contributed by atoms with E-state index in [-0.39, 0.29) is 11.9 Å². The molecule has 0 aliphatic heterocycles. The molecule has 0 radical (unpaired) electrons. The van der Waals surface area contributed by atoms with Gasteiger partial charge in [-0.25, -0.2) is 0 Å². The van der Waals surface area contributed by atoms with Gasteiger partial charge in [-0.3, -0.25) is 4.79 Å². The summed E-state index contributed by atoms with van der Waals surface area (Å²) in [5, 5.41) is 7.04. The molecule has 1 aromatic heterocycles. The number of furan rings is 1. The van der Waals surface area contributed by atoms with Gasteiger partial charge in [-0.05, 0) is 37.7 Å². The Labute approximate surface area is 125 Å².